The summed E-state index contributed by atoms with van der Waals surface area (Å²) < 4.78 is 10.6. The van der Waals surface area contributed by atoms with Crippen LogP contribution in [-0.2, 0) is 9.53 Å². The molecule has 2 rings (SSSR count). The van der Waals surface area contributed by atoms with E-state index in [1.54, 1.807) is 12.1 Å². The second-order valence-electron chi connectivity index (χ2n) is 6.19. The standard InChI is InChI=1S/C18H24O8/c1-10(20)4-2-3-5-11-6-7-13(12(21)8-11)25-18-17(24)16(23)15(22)14(9-19)26-18/h3,5-8,14-19,21-24H,2,4,9H2,1H3/t14?,15-,16+,17?,18-/m1/s1. The number of aromatic hydroxyl groups is 1. The Balaban J connectivity index is 2.04. The number of phenols is 1. The van der Waals surface area contributed by atoms with Crippen LogP contribution in [0, 0.1) is 0 Å². The Morgan fingerprint density at radius 3 is 2.58 bits per heavy atom. The molecule has 1 aromatic rings. The number of hydrogen-bond acceptors (Lipinski definition) is 8. The Kier molecular flexibility index (Phi) is 7.13. The summed E-state index contributed by atoms with van der Waals surface area (Å²) in [5.74, 6) is -0.105. The number of ketones is 1. The van der Waals surface area contributed by atoms with Gasteiger partial charge in [-0.05, 0) is 31.0 Å². The number of ether oxygens (including phenoxy) is 2. The minimum Gasteiger partial charge on any atom is -0.504 e. The van der Waals surface area contributed by atoms with Crippen LogP contribution in [-0.4, -0.2) is 68.6 Å². The number of rotatable bonds is 7. The number of carbonyl (C=O) groups is 1. The van der Waals surface area contributed by atoms with E-state index < -0.39 is 37.3 Å². The third-order valence-corrected chi connectivity index (χ3v) is 4.05. The summed E-state index contributed by atoms with van der Waals surface area (Å²) in [6.45, 7) is 0.950. The summed E-state index contributed by atoms with van der Waals surface area (Å²) in [5.41, 5.74) is 0.687. The largest absolute Gasteiger partial charge is 0.504 e. The Bertz CT molecular complexity index is 642. The van der Waals surface area contributed by atoms with Gasteiger partial charge in [0.15, 0.2) is 11.5 Å². The molecule has 26 heavy (non-hydrogen) atoms. The van der Waals surface area contributed by atoms with Gasteiger partial charge in [0.05, 0.1) is 6.61 Å². The van der Waals surface area contributed by atoms with E-state index in [-0.39, 0.29) is 17.3 Å². The summed E-state index contributed by atoms with van der Waals surface area (Å²) >= 11 is 0. The number of aliphatic hydroxyl groups is 4. The minimum atomic E-state index is -1.56. The van der Waals surface area contributed by atoms with E-state index in [1.165, 1.54) is 19.1 Å². The van der Waals surface area contributed by atoms with Crippen molar-refractivity contribution < 1.29 is 39.8 Å². The fourth-order valence-electron chi connectivity index (χ4n) is 2.53. The molecule has 1 saturated heterocycles. The number of benzene rings is 1. The highest BCUT2D eigenvalue weighted by molar-refractivity contribution is 5.75. The van der Waals surface area contributed by atoms with Crippen LogP contribution in [0.25, 0.3) is 6.08 Å². The van der Waals surface area contributed by atoms with Crippen molar-refractivity contribution in [2.24, 2.45) is 0 Å². The maximum atomic E-state index is 10.9. The second-order valence-corrected chi connectivity index (χ2v) is 6.19. The molecule has 5 atom stereocenters. The Labute approximate surface area is 150 Å². The van der Waals surface area contributed by atoms with Gasteiger partial charge in [0.1, 0.15) is 30.2 Å². The van der Waals surface area contributed by atoms with Crippen LogP contribution in [0.2, 0.25) is 0 Å². The lowest BCUT2D eigenvalue weighted by molar-refractivity contribution is -0.277. The first-order valence-corrected chi connectivity index (χ1v) is 8.29. The van der Waals surface area contributed by atoms with Crippen LogP contribution in [0.5, 0.6) is 11.5 Å². The second kappa shape index (κ2) is 9.11. The number of Topliss-reactive ketones (excluding diaryl/α,β-unsaturated/α-hetero) is 1. The lowest BCUT2D eigenvalue weighted by atomic mass is 9.99. The molecule has 1 aliphatic heterocycles. The van der Waals surface area contributed by atoms with Gasteiger partial charge >= 0.3 is 0 Å². The van der Waals surface area contributed by atoms with Gasteiger partial charge in [-0.25, -0.2) is 0 Å². The first kappa shape index (κ1) is 20.3. The van der Waals surface area contributed by atoms with Gasteiger partial charge in [0.25, 0.3) is 0 Å². The van der Waals surface area contributed by atoms with Gasteiger partial charge < -0.3 is 39.8 Å². The van der Waals surface area contributed by atoms with Gasteiger partial charge in [-0.3, -0.25) is 0 Å². The normalized spacial score (nSPS) is 29.0. The summed E-state index contributed by atoms with van der Waals surface area (Å²) in [7, 11) is 0. The van der Waals surface area contributed by atoms with Crippen LogP contribution >= 0.6 is 0 Å². The van der Waals surface area contributed by atoms with Gasteiger partial charge in [-0.1, -0.05) is 18.2 Å². The summed E-state index contributed by atoms with van der Waals surface area (Å²) in [6, 6.07) is 4.55. The van der Waals surface area contributed by atoms with Crippen molar-refractivity contribution in [1.82, 2.24) is 0 Å². The van der Waals surface area contributed by atoms with Gasteiger partial charge in [0.2, 0.25) is 6.29 Å². The first-order chi connectivity index (χ1) is 12.3. The zero-order valence-corrected chi connectivity index (χ0v) is 14.4. The number of aliphatic hydroxyl groups excluding tert-OH is 4. The van der Waals surface area contributed by atoms with Gasteiger partial charge in [-0.2, -0.15) is 0 Å². The maximum absolute atomic E-state index is 10.9. The van der Waals surface area contributed by atoms with Crippen LogP contribution in [0.1, 0.15) is 25.3 Å². The fourth-order valence-corrected chi connectivity index (χ4v) is 2.53. The predicted octanol–water partition coefficient (Wildman–Crippen LogP) is -0.0467. The first-order valence-electron chi connectivity index (χ1n) is 8.29. The van der Waals surface area contributed by atoms with Crippen molar-refractivity contribution in [2.75, 3.05) is 6.61 Å². The van der Waals surface area contributed by atoms with Crippen LogP contribution in [0.15, 0.2) is 24.3 Å². The van der Waals surface area contributed by atoms with Gasteiger partial charge in [0, 0.05) is 6.42 Å². The average molecular weight is 368 g/mol. The molecule has 8 heteroatoms. The molecule has 0 radical (unpaired) electrons. The van der Waals surface area contributed by atoms with Crippen molar-refractivity contribution in [3.63, 3.8) is 0 Å². The van der Waals surface area contributed by atoms with Crippen LogP contribution in [0.3, 0.4) is 0 Å². The molecule has 0 saturated carbocycles. The molecule has 8 nitrogen and oxygen atoms in total. The number of hydrogen-bond donors (Lipinski definition) is 5. The monoisotopic (exact) mass is 368 g/mol. The molecule has 0 bridgehead atoms. The molecule has 0 aromatic heterocycles. The van der Waals surface area contributed by atoms with Crippen LogP contribution < -0.4 is 4.74 Å². The topological polar surface area (TPSA) is 137 Å². The Morgan fingerprint density at radius 1 is 1.23 bits per heavy atom. The highest BCUT2D eigenvalue weighted by Crippen LogP contribution is 2.31. The Hall–Kier alpha value is -1.97. The van der Waals surface area contributed by atoms with E-state index in [1.807, 2.05) is 6.08 Å². The van der Waals surface area contributed by atoms with E-state index in [9.17, 15) is 25.2 Å². The van der Waals surface area contributed by atoms with Gasteiger partial charge in [-0.15, -0.1) is 0 Å². The predicted molar refractivity (Wildman–Crippen MR) is 91.5 cm³/mol. The molecule has 144 valence electrons. The lowest BCUT2D eigenvalue weighted by Crippen LogP contribution is -2.60. The molecule has 5 N–H and O–H groups in total. The third-order valence-electron chi connectivity index (χ3n) is 4.05. The fraction of sp³-hybridized carbons (Fsp3) is 0.500. The molecule has 0 amide bonds. The van der Waals surface area contributed by atoms with E-state index in [0.717, 1.165) is 0 Å². The molecule has 1 heterocycles. The Morgan fingerprint density at radius 2 is 1.96 bits per heavy atom. The third kappa shape index (κ3) is 5.03. The van der Waals surface area contributed by atoms with Crippen molar-refractivity contribution in [2.45, 2.75) is 50.5 Å². The lowest BCUT2D eigenvalue weighted by Gasteiger charge is -2.39. The zero-order chi connectivity index (χ0) is 19.3. The zero-order valence-electron chi connectivity index (χ0n) is 14.4. The molecule has 1 aromatic carbocycles. The number of phenolic OH excluding ortho intramolecular Hbond substituents is 1. The molecule has 2 unspecified atom stereocenters. The average Bonchev–Trinajstić information content (AvgIpc) is 2.61. The minimum absolute atomic E-state index is 0.00946. The van der Waals surface area contributed by atoms with Crippen molar-refractivity contribution in [3.05, 3.63) is 29.8 Å². The molecular weight excluding hydrogens is 344 g/mol. The summed E-state index contributed by atoms with van der Waals surface area (Å²) in [4.78, 5) is 10.9. The molecule has 0 spiro atoms. The smallest absolute Gasteiger partial charge is 0.229 e. The SMILES string of the molecule is CC(=O)CCC=Cc1ccc(O[C@@H]2OC(CO)[C@@H](O)[C@H](O)C2O)c(O)c1. The highest BCUT2D eigenvalue weighted by Gasteiger charge is 2.44. The molecule has 1 aliphatic rings. The molecule has 1 fully saturated rings. The quantitative estimate of drug-likeness (QED) is 0.452. The van der Waals surface area contributed by atoms with Crippen LogP contribution in [0.4, 0.5) is 0 Å². The van der Waals surface area contributed by atoms with E-state index in [4.69, 9.17) is 14.6 Å². The van der Waals surface area contributed by atoms with E-state index in [0.29, 0.717) is 18.4 Å². The summed E-state index contributed by atoms with van der Waals surface area (Å²) in [5, 5.41) is 48.7. The van der Waals surface area contributed by atoms with E-state index in [2.05, 4.69) is 0 Å². The van der Waals surface area contributed by atoms with E-state index >= 15 is 0 Å². The maximum Gasteiger partial charge on any atom is 0.229 e. The van der Waals surface area contributed by atoms with Crippen molar-refractivity contribution in [3.8, 4) is 11.5 Å². The number of allylic oxidation sites excluding steroid dienone is 1. The highest BCUT2D eigenvalue weighted by atomic mass is 16.7. The molecular formula is C18H24O8. The van der Waals surface area contributed by atoms with Crippen molar-refractivity contribution >= 4 is 11.9 Å². The van der Waals surface area contributed by atoms with Crippen molar-refractivity contribution in [1.29, 1.82) is 0 Å². The summed E-state index contributed by atoms with van der Waals surface area (Å²) in [6.07, 6.45) is -2.45. The molecule has 0 aliphatic carbocycles. The number of carbonyl (C=O) groups excluding carboxylic acids is 1.